The van der Waals surface area contributed by atoms with Gasteiger partial charge in [0, 0.05) is 63.6 Å². The number of pyridine rings is 1. The zero-order valence-electron chi connectivity index (χ0n) is 18.1. The molecular formula is C24H30N4O3. The van der Waals surface area contributed by atoms with Gasteiger partial charge in [-0.05, 0) is 37.0 Å². The molecule has 2 aliphatic rings. The molecule has 0 spiro atoms. The van der Waals surface area contributed by atoms with Gasteiger partial charge in [0.25, 0.3) is 5.91 Å². The second kappa shape index (κ2) is 9.81. The van der Waals surface area contributed by atoms with Gasteiger partial charge < -0.3 is 19.4 Å². The molecule has 3 heterocycles. The summed E-state index contributed by atoms with van der Waals surface area (Å²) in [5.41, 5.74) is 1.80. The monoisotopic (exact) mass is 422 g/mol. The molecule has 2 amide bonds. The molecule has 0 radical (unpaired) electrons. The number of hydrogen-bond acceptors (Lipinski definition) is 5. The average molecular weight is 423 g/mol. The molecule has 0 N–H and O–H groups in total. The van der Waals surface area contributed by atoms with Crippen LogP contribution in [0, 0.1) is 5.92 Å². The number of rotatable bonds is 5. The van der Waals surface area contributed by atoms with Crippen LogP contribution in [-0.2, 0) is 4.79 Å². The lowest BCUT2D eigenvalue weighted by Crippen LogP contribution is -2.49. The van der Waals surface area contributed by atoms with Gasteiger partial charge in [0.15, 0.2) is 0 Å². The lowest BCUT2D eigenvalue weighted by molar-refractivity contribution is -0.132. The highest BCUT2D eigenvalue weighted by atomic mass is 16.5. The van der Waals surface area contributed by atoms with Crippen molar-refractivity contribution in [3.05, 3.63) is 54.2 Å². The summed E-state index contributed by atoms with van der Waals surface area (Å²) in [6.45, 7) is 4.66. The number of aromatic nitrogens is 1. The summed E-state index contributed by atoms with van der Waals surface area (Å²) in [4.78, 5) is 35.8. The highest BCUT2D eigenvalue weighted by molar-refractivity contribution is 5.94. The number of ether oxygens (including phenoxy) is 1. The maximum atomic E-state index is 12.8. The van der Waals surface area contributed by atoms with E-state index < -0.39 is 0 Å². The molecule has 7 nitrogen and oxygen atoms in total. The first-order chi connectivity index (χ1) is 15.1. The van der Waals surface area contributed by atoms with Crippen molar-refractivity contribution in [1.29, 1.82) is 0 Å². The first-order valence-corrected chi connectivity index (χ1v) is 11.0. The van der Waals surface area contributed by atoms with E-state index in [1.54, 1.807) is 25.4 Å². The summed E-state index contributed by atoms with van der Waals surface area (Å²) >= 11 is 0. The third kappa shape index (κ3) is 5.16. The Morgan fingerprint density at radius 2 is 1.65 bits per heavy atom. The van der Waals surface area contributed by atoms with Crippen molar-refractivity contribution in [2.24, 2.45) is 5.92 Å². The van der Waals surface area contributed by atoms with Gasteiger partial charge >= 0.3 is 0 Å². The van der Waals surface area contributed by atoms with E-state index in [9.17, 15) is 9.59 Å². The fraction of sp³-hybridized carbons (Fsp3) is 0.458. The van der Waals surface area contributed by atoms with E-state index in [0.717, 1.165) is 39.0 Å². The van der Waals surface area contributed by atoms with Gasteiger partial charge in [0.05, 0.1) is 12.7 Å². The van der Waals surface area contributed by atoms with E-state index in [1.807, 2.05) is 15.9 Å². The molecule has 0 unspecified atom stereocenters. The Balaban J connectivity index is 1.21. The second-order valence-electron chi connectivity index (χ2n) is 8.23. The summed E-state index contributed by atoms with van der Waals surface area (Å²) in [6.07, 6.45) is 3.87. The van der Waals surface area contributed by atoms with Crippen molar-refractivity contribution in [2.75, 3.05) is 51.3 Å². The number of benzene rings is 1. The number of likely N-dealkylation sites (tertiary alicyclic amines) is 1. The number of methoxy groups -OCH3 is 1. The van der Waals surface area contributed by atoms with Crippen molar-refractivity contribution >= 4 is 17.5 Å². The quantitative estimate of drug-likeness (QED) is 0.741. The fourth-order valence-corrected chi connectivity index (χ4v) is 4.38. The van der Waals surface area contributed by atoms with E-state index in [2.05, 4.69) is 34.1 Å². The number of para-hydroxylation sites is 1. The normalized spacial score (nSPS) is 17.5. The Labute approximate surface area is 183 Å². The Kier molecular flexibility index (Phi) is 6.70. The number of hydrogen-bond donors (Lipinski definition) is 0. The predicted molar refractivity (Wildman–Crippen MR) is 119 cm³/mol. The molecule has 0 aliphatic carbocycles. The van der Waals surface area contributed by atoms with E-state index in [0.29, 0.717) is 36.9 Å². The summed E-state index contributed by atoms with van der Waals surface area (Å²) < 4.78 is 5.05. The number of nitrogens with zero attached hydrogens (tertiary/aromatic N) is 4. The van der Waals surface area contributed by atoms with Crippen LogP contribution >= 0.6 is 0 Å². The third-order valence-corrected chi connectivity index (χ3v) is 6.31. The number of carbonyl (C=O) groups excluding carboxylic acids is 2. The van der Waals surface area contributed by atoms with Crippen molar-refractivity contribution < 1.29 is 14.3 Å². The first-order valence-electron chi connectivity index (χ1n) is 11.0. The number of amides is 2. The summed E-state index contributed by atoms with van der Waals surface area (Å²) in [7, 11) is 1.55. The lowest BCUT2D eigenvalue weighted by Gasteiger charge is -2.37. The van der Waals surface area contributed by atoms with Gasteiger partial charge in [-0.3, -0.25) is 9.59 Å². The molecule has 164 valence electrons. The van der Waals surface area contributed by atoms with Crippen LogP contribution in [0.3, 0.4) is 0 Å². The van der Waals surface area contributed by atoms with Gasteiger partial charge in [-0.2, -0.15) is 0 Å². The van der Waals surface area contributed by atoms with Gasteiger partial charge in [0.1, 0.15) is 0 Å². The fourth-order valence-electron chi connectivity index (χ4n) is 4.38. The maximum absolute atomic E-state index is 12.8. The highest BCUT2D eigenvalue weighted by Crippen LogP contribution is 2.24. The summed E-state index contributed by atoms with van der Waals surface area (Å²) in [6, 6.07) is 13.8. The van der Waals surface area contributed by atoms with Crippen molar-refractivity contribution in [2.45, 2.75) is 19.3 Å². The smallest absolute Gasteiger partial charge is 0.255 e. The molecule has 2 aliphatic heterocycles. The number of carbonyl (C=O) groups is 2. The molecule has 7 heteroatoms. The van der Waals surface area contributed by atoms with Crippen LogP contribution in [0.5, 0.6) is 5.88 Å². The Morgan fingerprint density at radius 1 is 0.935 bits per heavy atom. The highest BCUT2D eigenvalue weighted by Gasteiger charge is 2.28. The van der Waals surface area contributed by atoms with Crippen LogP contribution in [0.15, 0.2) is 48.7 Å². The third-order valence-electron chi connectivity index (χ3n) is 6.31. The minimum atomic E-state index is -0.00281. The van der Waals surface area contributed by atoms with Crippen LogP contribution in [0.2, 0.25) is 0 Å². The molecule has 1 aromatic heterocycles. The predicted octanol–water partition coefficient (Wildman–Crippen LogP) is 2.68. The molecule has 2 saturated heterocycles. The molecule has 1 aromatic carbocycles. The standard InChI is InChI=1S/C24H30N4O3/c1-31-22-8-7-20(18-25-22)24(30)28-11-9-19(10-12-28)17-23(29)27-15-13-26(14-16-27)21-5-3-2-4-6-21/h2-8,18-19H,9-17H2,1H3. The van der Waals surface area contributed by atoms with Crippen LogP contribution in [-0.4, -0.2) is 73.0 Å². The Morgan fingerprint density at radius 3 is 2.26 bits per heavy atom. The van der Waals surface area contributed by atoms with Gasteiger partial charge in [-0.15, -0.1) is 0 Å². The van der Waals surface area contributed by atoms with Crippen molar-refractivity contribution in [3.63, 3.8) is 0 Å². The minimum absolute atomic E-state index is 0.00281. The Bertz CT molecular complexity index is 871. The topological polar surface area (TPSA) is 66.0 Å². The Hall–Kier alpha value is -3.09. The van der Waals surface area contributed by atoms with E-state index in [-0.39, 0.29) is 11.8 Å². The number of piperazine rings is 1. The first kappa shape index (κ1) is 21.2. The van der Waals surface area contributed by atoms with Crippen molar-refractivity contribution in [3.8, 4) is 5.88 Å². The minimum Gasteiger partial charge on any atom is -0.481 e. The largest absolute Gasteiger partial charge is 0.481 e. The molecule has 0 saturated carbocycles. The molecule has 4 rings (SSSR count). The van der Waals surface area contributed by atoms with Gasteiger partial charge in [-0.25, -0.2) is 4.98 Å². The average Bonchev–Trinajstić information content (AvgIpc) is 2.85. The van der Waals surface area contributed by atoms with Crippen LogP contribution in [0.1, 0.15) is 29.6 Å². The second-order valence-corrected chi connectivity index (χ2v) is 8.23. The van der Waals surface area contributed by atoms with Crippen LogP contribution < -0.4 is 9.64 Å². The number of anilines is 1. The van der Waals surface area contributed by atoms with Crippen molar-refractivity contribution in [1.82, 2.24) is 14.8 Å². The van der Waals surface area contributed by atoms with E-state index in [4.69, 9.17) is 4.74 Å². The summed E-state index contributed by atoms with van der Waals surface area (Å²) in [5, 5.41) is 0. The molecule has 2 fully saturated rings. The molecule has 2 aromatic rings. The van der Waals surface area contributed by atoms with E-state index in [1.165, 1.54) is 5.69 Å². The molecule has 0 atom stereocenters. The van der Waals surface area contributed by atoms with Gasteiger partial charge in [-0.1, -0.05) is 18.2 Å². The van der Waals surface area contributed by atoms with E-state index >= 15 is 0 Å². The summed E-state index contributed by atoms with van der Waals surface area (Å²) in [5.74, 6) is 1.09. The lowest BCUT2D eigenvalue weighted by atomic mass is 9.92. The molecular weight excluding hydrogens is 392 g/mol. The van der Waals surface area contributed by atoms with Crippen LogP contribution in [0.4, 0.5) is 5.69 Å². The van der Waals surface area contributed by atoms with Gasteiger partial charge in [0.2, 0.25) is 11.8 Å². The maximum Gasteiger partial charge on any atom is 0.255 e. The van der Waals surface area contributed by atoms with Crippen LogP contribution in [0.25, 0.3) is 0 Å². The zero-order valence-corrected chi connectivity index (χ0v) is 18.1. The molecule has 0 bridgehead atoms. The zero-order chi connectivity index (χ0) is 21.6. The SMILES string of the molecule is COc1ccc(C(=O)N2CCC(CC(=O)N3CCN(c4ccccc4)CC3)CC2)cn1. The molecule has 31 heavy (non-hydrogen) atoms. The number of piperidine rings is 1.